The first-order chi connectivity index (χ1) is 12.5. The minimum atomic E-state index is -1.96. The number of nitrogens with one attached hydrogen (secondary N) is 1. The zero-order chi connectivity index (χ0) is 18.6. The molecule has 0 spiro atoms. The highest BCUT2D eigenvalue weighted by molar-refractivity contribution is 5.87. The van der Waals surface area contributed by atoms with Gasteiger partial charge in [0.25, 0.3) is 5.91 Å². The molecule has 2 amide bonds. The summed E-state index contributed by atoms with van der Waals surface area (Å²) in [6, 6.07) is 7.56. The quantitative estimate of drug-likeness (QED) is 0.811. The SMILES string of the molecule is COc1ccc(CCC(=O)N2CCCC(F)(C(=O)NCC3CC3)C2)cc1. The summed E-state index contributed by atoms with van der Waals surface area (Å²) >= 11 is 0. The van der Waals surface area contributed by atoms with Crippen molar-refractivity contribution in [2.24, 2.45) is 5.92 Å². The number of amides is 2. The van der Waals surface area contributed by atoms with Gasteiger partial charge in [0.2, 0.25) is 11.6 Å². The fraction of sp³-hybridized carbons (Fsp3) is 0.600. The topological polar surface area (TPSA) is 58.6 Å². The van der Waals surface area contributed by atoms with Crippen molar-refractivity contribution >= 4 is 11.8 Å². The van der Waals surface area contributed by atoms with Crippen LogP contribution >= 0.6 is 0 Å². The van der Waals surface area contributed by atoms with Gasteiger partial charge in [-0.1, -0.05) is 12.1 Å². The monoisotopic (exact) mass is 362 g/mol. The van der Waals surface area contributed by atoms with E-state index in [1.165, 1.54) is 4.90 Å². The molecule has 1 aliphatic carbocycles. The first-order valence-corrected chi connectivity index (χ1v) is 9.38. The third-order valence-corrected chi connectivity index (χ3v) is 5.24. The van der Waals surface area contributed by atoms with Crippen LogP contribution in [0, 0.1) is 5.92 Å². The molecule has 0 aromatic heterocycles. The number of hydrogen-bond acceptors (Lipinski definition) is 3. The maximum Gasteiger partial charge on any atom is 0.259 e. The molecule has 0 radical (unpaired) electrons. The fourth-order valence-corrected chi connectivity index (χ4v) is 3.33. The van der Waals surface area contributed by atoms with Crippen LogP contribution in [0.15, 0.2) is 24.3 Å². The number of halogens is 1. The number of aryl methyl sites for hydroxylation is 1. The zero-order valence-electron chi connectivity index (χ0n) is 15.3. The second kappa shape index (κ2) is 8.06. The van der Waals surface area contributed by atoms with Crippen molar-refractivity contribution in [1.29, 1.82) is 0 Å². The Morgan fingerprint density at radius 2 is 2.04 bits per heavy atom. The molecule has 3 rings (SSSR count). The number of ether oxygens (including phenoxy) is 1. The number of nitrogens with zero attached hydrogens (tertiary/aromatic N) is 1. The van der Waals surface area contributed by atoms with Gasteiger partial charge in [-0.15, -0.1) is 0 Å². The summed E-state index contributed by atoms with van der Waals surface area (Å²) in [6.07, 6.45) is 3.82. The van der Waals surface area contributed by atoms with E-state index in [-0.39, 0.29) is 18.9 Å². The molecule has 1 aliphatic heterocycles. The summed E-state index contributed by atoms with van der Waals surface area (Å²) in [5, 5.41) is 2.72. The molecule has 5 nitrogen and oxygen atoms in total. The van der Waals surface area contributed by atoms with Crippen molar-refractivity contribution < 1.29 is 18.7 Å². The van der Waals surface area contributed by atoms with E-state index < -0.39 is 11.6 Å². The number of alkyl halides is 1. The molecule has 2 fully saturated rings. The Kier molecular flexibility index (Phi) is 5.79. The normalized spacial score (nSPS) is 22.8. The second-order valence-electron chi connectivity index (χ2n) is 7.39. The van der Waals surface area contributed by atoms with Crippen LogP contribution in [0.5, 0.6) is 5.75 Å². The van der Waals surface area contributed by atoms with Gasteiger partial charge >= 0.3 is 0 Å². The summed E-state index contributed by atoms with van der Waals surface area (Å²) in [4.78, 5) is 26.2. The highest BCUT2D eigenvalue weighted by atomic mass is 19.1. The number of piperidine rings is 1. The van der Waals surface area contributed by atoms with Crippen LogP contribution in [0.2, 0.25) is 0 Å². The lowest BCUT2D eigenvalue weighted by atomic mass is 9.93. The molecule has 6 heteroatoms. The van der Waals surface area contributed by atoms with Gasteiger partial charge in [-0.25, -0.2) is 4.39 Å². The van der Waals surface area contributed by atoms with Crippen LogP contribution in [-0.2, 0) is 16.0 Å². The Bertz CT molecular complexity index is 645. The van der Waals surface area contributed by atoms with E-state index >= 15 is 4.39 Å². The molecule has 1 aromatic carbocycles. The fourth-order valence-electron chi connectivity index (χ4n) is 3.33. The molecule has 1 aromatic rings. The molecular weight excluding hydrogens is 335 g/mol. The summed E-state index contributed by atoms with van der Waals surface area (Å²) in [6.45, 7) is 0.934. The van der Waals surface area contributed by atoms with Crippen LogP contribution in [0.3, 0.4) is 0 Å². The Hall–Kier alpha value is -2.11. The maximum absolute atomic E-state index is 15.1. The van der Waals surface area contributed by atoms with E-state index in [0.29, 0.717) is 38.3 Å². The average Bonchev–Trinajstić information content (AvgIpc) is 3.49. The Morgan fingerprint density at radius 1 is 1.31 bits per heavy atom. The van der Waals surface area contributed by atoms with Gasteiger partial charge < -0.3 is 15.0 Å². The van der Waals surface area contributed by atoms with E-state index in [4.69, 9.17) is 4.74 Å². The van der Waals surface area contributed by atoms with E-state index in [2.05, 4.69) is 5.32 Å². The largest absolute Gasteiger partial charge is 0.497 e. The van der Waals surface area contributed by atoms with E-state index in [1.54, 1.807) is 7.11 Å². The lowest BCUT2D eigenvalue weighted by Gasteiger charge is -2.36. The molecule has 1 N–H and O–H groups in total. The summed E-state index contributed by atoms with van der Waals surface area (Å²) in [5.74, 6) is 0.624. The number of likely N-dealkylation sites (tertiary alicyclic amines) is 1. The van der Waals surface area contributed by atoms with Crippen LogP contribution in [-0.4, -0.2) is 49.1 Å². The predicted molar refractivity (Wildman–Crippen MR) is 96.7 cm³/mol. The summed E-state index contributed by atoms with van der Waals surface area (Å²) in [5.41, 5.74) is -0.923. The minimum Gasteiger partial charge on any atom is -0.497 e. The molecular formula is C20H27FN2O3. The van der Waals surface area contributed by atoms with Crippen LogP contribution in [0.25, 0.3) is 0 Å². The van der Waals surface area contributed by atoms with Gasteiger partial charge in [-0.05, 0) is 55.7 Å². The zero-order valence-corrected chi connectivity index (χ0v) is 15.3. The maximum atomic E-state index is 15.1. The third-order valence-electron chi connectivity index (χ3n) is 5.24. The average molecular weight is 362 g/mol. The standard InChI is InChI=1S/C20H27FN2O3/c1-26-17-8-5-15(6-9-17)7-10-18(24)23-12-2-11-20(21,14-23)19(25)22-13-16-3-4-16/h5-6,8-9,16H,2-4,7,10-14H2,1H3,(H,22,25). The molecule has 1 saturated carbocycles. The number of benzene rings is 1. The van der Waals surface area contributed by atoms with Gasteiger partial charge in [0.15, 0.2) is 0 Å². The number of carbonyl (C=O) groups is 2. The highest BCUT2D eigenvalue weighted by Gasteiger charge is 2.44. The molecule has 1 saturated heterocycles. The van der Waals surface area contributed by atoms with Crippen molar-refractivity contribution in [3.8, 4) is 5.75 Å². The molecule has 0 bridgehead atoms. The van der Waals surface area contributed by atoms with Crippen molar-refractivity contribution in [2.75, 3.05) is 26.7 Å². The highest BCUT2D eigenvalue weighted by Crippen LogP contribution is 2.29. The van der Waals surface area contributed by atoms with Crippen LogP contribution < -0.4 is 10.1 Å². The van der Waals surface area contributed by atoms with Crippen molar-refractivity contribution in [3.05, 3.63) is 29.8 Å². The number of methoxy groups -OCH3 is 1. The van der Waals surface area contributed by atoms with Gasteiger partial charge in [0.05, 0.1) is 13.7 Å². The smallest absolute Gasteiger partial charge is 0.259 e. The summed E-state index contributed by atoms with van der Waals surface area (Å²) in [7, 11) is 1.61. The number of hydrogen-bond donors (Lipinski definition) is 1. The molecule has 26 heavy (non-hydrogen) atoms. The molecule has 1 atom stereocenters. The third kappa shape index (κ3) is 4.74. The summed E-state index contributed by atoms with van der Waals surface area (Å²) < 4.78 is 20.2. The molecule has 1 heterocycles. The van der Waals surface area contributed by atoms with E-state index in [1.807, 2.05) is 24.3 Å². The Morgan fingerprint density at radius 3 is 2.69 bits per heavy atom. The van der Waals surface area contributed by atoms with Gasteiger partial charge in [0.1, 0.15) is 5.75 Å². The molecule has 2 aliphatic rings. The Labute approximate surface area is 153 Å². The van der Waals surface area contributed by atoms with Crippen LogP contribution in [0.4, 0.5) is 4.39 Å². The number of rotatable bonds is 7. The van der Waals surface area contributed by atoms with Gasteiger partial charge in [0, 0.05) is 19.5 Å². The molecule has 142 valence electrons. The van der Waals surface area contributed by atoms with Crippen molar-refractivity contribution in [1.82, 2.24) is 10.2 Å². The van der Waals surface area contributed by atoms with Gasteiger partial charge in [-0.3, -0.25) is 9.59 Å². The Balaban J connectivity index is 1.50. The van der Waals surface area contributed by atoms with E-state index in [0.717, 1.165) is 24.2 Å². The predicted octanol–water partition coefficient (Wildman–Crippen LogP) is 2.48. The minimum absolute atomic E-state index is 0.0995. The van der Waals surface area contributed by atoms with Crippen LogP contribution in [0.1, 0.15) is 37.7 Å². The first-order valence-electron chi connectivity index (χ1n) is 9.38. The lowest BCUT2D eigenvalue weighted by Crippen LogP contribution is -2.55. The molecule has 1 unspecified atom stereocenters. The van der Waals surface area contributed by atoms with Crippen molar-refractivity contribution in [2.45, 2.75) is 44.2 Å². The van der Waals surface area contributed by atoms with E-state index in [9.17, 15) is 9.59 Å². The number of carbonyl (C=O) groups excluding carboxylic acids is 2. The first kappa shape index (κ1) is 18.7. The lowest BCUT2D eigenvalue weighted by molar-refractivity contribution is -0.143. The second-order valence-corrected chi connectivity index (χ2v) is 7.39. The van der Waals surface area contributed by atoms with Gasteiger partial charge in [-0.2, -0.15) is 0 Å². The van der Waals surface area contributed by atoms with Crippen molar-refractivity contribution in [3.63, 3.8) is 0 Å².